The van der Waals surface area contributed by atoms with Crippen LogP contribution in [-0.2, 0) is 36.8 Å². The van der Waals surface area contributed by atoms with E-state index < -0.39 is 53.8 Å². The zero-order valence-electron chi connectivity index (χ0n) is 30.2. The highest BCUT2D eigenvalue weighted by molar-refractivity contribution is 5.93. The van der Waals surface area contributed by atoms with Crippen LogP contribution in [0.4, 0.5) is 0 Å². The van der Waals surface area contributed by atoms with Crippen LogP contribution in [0.2, 0.25) is 0 Å². The van der Waals surface area contributed by atoms with Crippen LogP contribution in [0, 0.1) is 0 Å². The quantitative estimate of drug-likeness (QED) is 0.0725. The fraction of sp³-hybridized carbons (Fsp3) is 0.528. The van der Waals surface area contributed by atoms with Crippen LogP contribution in [0.15, 0.2) is 42.5 Å². The average molecular weight is 740 g/mol. The Balaban J connectivity index is 1.65. The van der Waals surface area contributed by atoms with Gasteiger partial charge in [0.25, 0.3) is 0 Å². The minimum Gasteiger partial charge on any atom is -0.508 e. The zero-order chi connectivity index (χ0) is 38.9. The van der Waals surface area contributed by atoms with Crippen LogP contribution in [0.25, 0.3) is 11.1 Å². The molecular formula is C36H57N11O6. The summed E-state index contributed by atoms with van der Waals surface area (Å²) in [4.78, 5) is 65.3. The maximum absolute atomic E-state index is 13.6. The van der Waals surface area contributed by atoms with Gasteiger partial charge in [0, 0.05) is 38.5 Å². The fourth-order valence-electron chi connectivity index (χ4n) is 5.79. The number of nitrogens with one attached hydrogen (secondary N) is 5. The van der Waals surface area contributed by atoms with E-state index in [1.165, 1.54) is 6.07 Å². The van der Waals surface area contributed by atoms with Crippen molar-refractivity contribution in [3.05, 3.63) is 53.6 Å². The predicted octanol–water partition coefficient (Wildman–Crippen LogP) is -2.96. The molecule has 2 aromatic rings. The summed E-state index contributed by atoms with van der Waals surface area (Å²) in [6.07, 6.45) is 2.86. The molecule has 17 heteroatoms. The van der Waals surface area contributed by atoms with Crippen molar-refractivity contribution >= 4 is 29.5 Å². The van der Waals surface area contributed by atoms with Gasteiger partial charge in [-0.15, -0.1) is 0 Å². The number of phenols is 1. The summed E-state index contributed by atoms with van der Waals surface area (Å²) in [5.41, 5.74) is 38.1. The lowest BCUT2D eigenvalue weighted by Gasteiger charge is -2.25. The number of amides is 5. The number of aromatic hydroxyl groups is 1. The van der Waals surface area contributed by atoms with Gasteiger partial charge in [-0.1, -0.05) is 30.3 Å². The second-order valence-corrected chi connectivity index (χ2v) is 13.4. The van der Waals surface area contributed by atoms with Gasteiger partial charge in [-0.05, 0) is 86.0 Å². The van der Waals surface area contributed by atoms with Crippen LogP contribution in [0.3, 0.4) is 0 Å². The van der Waals surface area contributed by atoms with E-state index in [-0.39, 0.29) is 56.6 Å². The van der Waals surface area contributed by atoms with Crippen molar-refractivity contribution in [3.63, 3.8) is 0 Å². The maximum Gasteiger partial charge on any atom is 0.243 e. The normalized spacial score (nSPS) is 19.3. The number of rotatable bonds is 17. The molecule has 0 fully saturated rings. The molecule has 2 aromatic carbocycles. The molecule has 0 saturated heterocycles. The van der Waals surface area contributed by atoms with Crippen molar-refractivity contribution in [2.45, 2.75) is 87.6 Å². The summed E-state index contributed by atoms with van der Waals surface area (Å²) in [6, 6.07) is 7.03. The van der Waals surface area contributed by atoms with Gasteiger partial charge in [-0.25, -0.2) is 0 Å². The van der Waals surface area contributed by atoms with Gasteiger partial charge >= 0.3 is 0 Å². The number of hydrogen-bond donors (Lipinski definition) is 12. The molecule has 0 spiro atoms. The van der Waals surface area contributed by atoms with Gasteiger partial charge in [0.15, 0.2) is 0 Å². The van der Waals surface area contributed by atoms with Crippen LogP contribution in [0.1, 0.15) is 49.7 Å². The molecule has 0 saturated carbocycles. The number of carbonyl (C=O) groups is 5. The van der Waals surface area contributed by atoms with Crippen molar-refractivity contribution in [1.29, 1.82) is 0 Å². The van der Waals surface area contributed by atoms with Crippen LogP contribution >= 0.6 is 0 Å². The second kappa shape index (κ2) is 21.8. The van der Waals surface area contributed by atoms with E-state index in [4.69, 9.17) is 34.4 Å². The third-order valence-corrected chi connectivity index (χ3v) is 9.00. The molecule has 0 radical (unpaired) electrons. The molecule has 6 atom stereocenters. The number of benzene rings is 2. The van der Waals surface area contributed by atoms with Crippen molar-refractivity contribution in [2.24, 2.45) is 34.4 Å². The molecule has 1 heterocycles. The standard InChI is InChI=1S/C36H57N11O6/c37-12-2-7-25(39)19-44-32(49)26(40)8-4-14-43-33(50)28(42)20-45-35(52)30-16-21-5-1-6-22(15-21)23-10-11-31(48)24(17-23)18-27(41)34(51)46-29(9-3-13-38)36(53)47-30/h1,5-6,10-11,15,17,25-30,48H,2-4,7-9,12-14,16,18-20,37-42H2,(H,43,50)(H,44,49)(H,45,52)(H,46,51)(H,47,53)/t25-,26-,27-,28-,29-,30-/m0/s1. The Labute approximate surface area is 310 Å². The molecule has 292 valence electrons. The van der Waals surface area contributed by atoms with E-state index >= 15 is 0 Å². The van der Waals surface area contributed by atoms with E-state index in [0.717, 1.165) is 23.1 Å². The van der Waals surface area contributed by atoms with Crippen LogP contribution < -0.4 is 61.0 Å². The zero-order valence-corrected chi connectivity index (χ0v) is 30.2. The highest BCUT2D eigenvalue weighted by Gasteiger charge is 2.29. The Morgan fingerprint density at radius 1 is 0.792 bits per heavy atom. The van der Waals surface area contributed by atoms with Crippen molar-refractivity contribution in [3.8, 4) is 16.9 Å². The summed E-state index contributed by atoms with van der Waals surface area (Å²) < 4.78 is 0. The van der Waals surface area contributed by atoms with E-state index in [2.05, 4.69) is 26.6 Å². The molecule has 5 amide bonds. The monoisotopic (exact) mass is 739 g/mol. The first-order valence-electron chi connectivity index (χ1n) is 18.1. The average Bonchev–Trinajstić information content (AvgIpc) is 3.15. The molecule has 17 nitrogen and oxygen atoms in total. The van der Waals surface area contributed by atoms with Gasteiger partial charge in [-0.2, -0.15) is 0 Å². The fourth-order valence-corrected chi connectivity index (χ4v) is 5.79. The summed E-state index contributed by atoms with van der Waals surface area (Å²) in [5, 5.41) is 24.0. The summed E-state index contributed by atoms with van der Waals surface area (Å²) in [7, 11) is 0. The molecule has 0 aliphatic carbocycles. The SMILES string of the molecule is NCCC[C@H](N)CNC(=O)[C@@H](N)CCCNC(=O)[C@@H](N)CNC(=O)[C@@H]1Cc2cccc(c2)-c2ccc(O)c(c2)C[C@H](N)C(=O)N[C@@H](CCCN)C(=O)N1. The first-order valence-corrected chi connectivity index (χ1v) is 18.1. The van der Waals surface area contributed by atoms with Gasteiger partial charge in [-0.3, -0.25) is 24.0 Å². The Kier molecular flexibility index (Phi) is 17.6. The predicted molar refractivity (Wildman–Crippen MR) is 202 cm³/mol. The molecule has 18 N–H and O–H groups in total. The third kappa shape index (κ3) is 14.0. The first-order chi connectivity index (χ1) is 25.3. The van der Waals surface area contributed by atoms with Gasteiger partial charge in [0.1, 0.15) is 23.9 Å². The van der Waals surface area contributed by atoms with Crippen molar-refractivity contribution in [2.75, 3.05) is 32.7 Å². The summed E-state index contributed by atoms with van der Waals surface area (Å²) in [6.45, 7) is 1.05. The lowest BCUT2D eigenvalue weighted by atomic mass is 9.96. The summed E-state index contributed by atoms with van der Waals surface area (Å²) >= 11 is 0. The highest BCUT2D eigenvalue weighted by atomic mass is 16.3. The molecule has 0 unspecified atom stereocenters. The van der Waals surface area contributed by atoms with Gasteiger partial charge in [0.2, 0.25) is 29.5 Å². The van der Waals surface area contributed by atoms with E-state index in [0.29, 0.717) is 44.3 Å². The molecule has 3 rings (SSSR count). The second-order valence-electron chi connectivity index (χ2n) is 13.4. The highest BCUT2D eigenvalue weighted by Crippen LogP contribution is 2.28. The van der Waals surface area contributed by atoms with Gasteiger partial charge < -0.3 is 66.1 Å². The topological polar surface area (TPSA) is 322 Å². The number of phenolic OH excluding ortho intramolecular Hbond substituents is 1. The molecular weight excluding hydrogens is 682 g/mol. The first kappa shape index (κ1) is 42.8. The molecule has 1 aliphatic heterocycles. The Bertz CT molecular complexity index is 1540. The lowest BCUT2D eigenvalue weighted by Crippen LogP contribution is -2.57. The van der Waals surface area contributed by atoms with Gasteiger partial charge in [0.05, 0.1) is 12.1 Å². The molecule has 4 bridgehead atoms. The summed E-state index contributed by atoms with van der Waals surface area (Å²) in [5.74, 6) is -2.69. The largest absolute Gasteiger partial charge is 0.508 e. The van der Waals surface area contributed by atoms with E-state index in [9.17, 15) is 29.1 Å². The van der Waals surface area contributed by atoms with Crippen LogP contribution in [0.5, 0.6) is 5.75 Å². The lowest BCUT2D eigenvalue weighted by molar-refractivity contribution is -0.132. The minimum absolute atomic E-state index is 0.0152. The maximum atomic E-state index is 13.6. The van der Waals surface area contributed by atoms with Crippen LogP contribution in [-0.4, -0.2) is 104 Å². The Hall–Kier alpha value is -4.65. The van der Waals surface area contributed by atoms with E-state index in [1.807, 2.05) is 24.3 Å². The Morgan fingerprint density at radius 2 is 1.51 bits per heavy atom. The van der Waals surface area contributed by atoms with Crippen molar-refractivity contribution in [1.82, 2.24) is 26.6 Å². The number of hydrogen-bond acceptors (Lipinski definition) is 12. The molecule has 1 aliphatic rings. The number of nitrogens with two attached hydrogens (primary N) is 6. The third-order valence-electron chi connectivity index (χ3n) is 9.00. The smallest absolute Gasteiger partial charge is 0.243 e. The molecule has 53 heavy (non-hydrogen) atoms. The van der Waals surface area contributed by atoms with E-state index in [1.54, 1.807) is 12.1 Å². The van der Waals surface area contributed by atoms with Crippen molar-refractivity contribution < 1.29 is 29.1 Å². The molecule has 0 aromatic heterocycles. The Morgan fingerprint density at radius 3 is 2.25 bits per heavy atom. The number of fused-ring (bicyclic) bond motifs is 5. The number of carbonyl (C=O) groups excluding carboxylic acids is 5. The minimum atomic E-state index is -1.12.